The van der Waals surface area contributed by atoms with Crippen LogP contribution in [-0.2, 0) is 0 Å². The summed E-state index contributed by atoms with van der Waals surface area (Å²) in [6.45, 7) is 0. The molecule has 0 spiro atoms. The fourth-order valence-electron chi connectivity index (χ4n) is 9.66. The van der Waals surface area contributed by atoms with Crippen molar-refractivity contribution in [3.8, 4) is 27.9 Å². The fraction of sp³-hybridized carbons (Fsp3) is 0. The lowest BCUT2D eigenvalue weighted by molar-refractivity contribution is 1.18. The largest absolute Gasteiger partial charge is 0.310 e. The molecule has 11 aromatic carbocycles. The van der Waals surface area contributed by atoms with Gasteiger partial charge in [-0.25, -0.2) is 0 Å². The highest BCUT2D eigenvalue weighted by Crippen LogP contribution is 2.45. The van der Waals surface area contributed by atoms with Crippen LogP contribution < -0.4 is 4.90 Å². The van der Waals surface area contributed by atoms with Gasteiger partial charge in [0.05, 0.1) is 16.7 Å². The quantitative estimate of drug-likeness (QED) is 0.153. The van der Waals surface area contributed by atoms with Crippen LogP contribution in [0.25, 0.3) is 92.8 Å². The lowest BCUT2D eigenvalue weighted by Gasteiger charge is -2.28. The Morgan fingerprint density at radius 3 is 1.62 bits per heavy atom. The van der Waals surface area contributed by atoms with Crippen LogP contribution in [0.3, 0.4) is 0 Å². The molecule has 0 radical (unpaired) electrons. The van der Waals surface area contributed by atoms with E-state index in [4.69, 9.17) is 0 Å². The zero-order valence-electron chi connectivity index (χ0n) is 32.8. The minimum absolute atomic E-state index is 1.10. The molecule has 1 aromatic heterocycles. The number of nitrogens with zero attached hydrogens (tertiary/aromatic N) is 2. The number of benzene rings is 11. The predicted octanol–water partition coefficient (Wildman–Crippen LogP) is 16.2. The zero-order valence-corrected chi connectivity index (χ0v) is 32.8. The summed E-state index contributed by atoms with van der Waals surface area (Å²) in [7, 11) is 0. The Hall–Kier alpha value is -7.94. The first-order chi connectivity index (χ1) is 29.8. The van der Waals surface area contributed by atoms with Gasteiger partial charge in [-0.2, -0.15) is 0 Å². The highest BCUT2D eigenvalue weighted by molar-refractivity contribution is 6.17. The lowest BCUT2D eigenvalue weighted by atomic mass is 9.93. The van der Waals surface area contributed by atoms with Gasteiger partial charge in [-0.05, 0) is 121 Å². The third kappa shape index (κ3) is 5.42. The third-order valence-corrected chi connectivity index (χ3v) is 12.3. The molecular weight excluding hydrogens is 725 g/mol. The Morgan fingerprint density at radius 1 is 0.300 bits per heavy atom. The van der Waals surface area contributed by atoms with Crippen LogP contribution >= 0.6 is 0 Å². The number of rotatable bonds is 6. The van der Waals surface area contributed by atoms with Gasteiger partial charge < -0.3 is 9.47 Å². The van der Waals surface area contributed by atoms with E-state index in [2.05, 4.69) is 240 Å². The van der Waals surface area contributed by atoms with E-state index in [0.717, 1.165) is 22.7 Å². The molecule has 0 saturated heterocycles. The molecule has 2 heteroatoms. The van der Waals surface area contributed by atoms with Crippen LogP contribution in [-0.4, -0.2) is 4.57 Å². The maximum absolute atomic E-state index is 2.45. The van der Waals surface area contributed by atoms with Crippen molar-refractivity contribution in [1.29, 1.82) is 0 Å². The maximum Gasteiger partial charge on any atom is 0.0547 e. The number of hydrogen-bond donors (Lipinski definition) is 0. The SMILES string of the molecule is c1ccc(-n2c3ccccc3c3c(-c4cccc(N(c5ccc(-c6cc7ccccc7c7ccccc67)cc5)c5cc6ccccc6c6ccccc56)c4)cccc32)cc1. The van der Waals surface area contributed by atoms with Gasteiger partial charge in [-0.1, -0.05) is 170 Å². The molecule has 60 heavy (non-hydrogen) atoms. The van der Waals surface area contributed by atoms with E-state index >= 15 is 0 Å². The van der Waals surface area contributed by atoms with Gasteiger partial charge >= 0.3 is 0 Å². The summed E-state index contributed by atoms with van der Waals surface area (Å²) in [5, 5.41) is 12.5. The van der Waals surface area contributed by atoms with Crippen LogP contribution in [0.4, 0.5) is 17.1 Å². The summed E-state index contributed by atoms with van der Waals surface area (Å²) in [4.78, 5) is 2.45. The minimum Gasteiger partial charge on any atom is -0.310 e. The van der Waals surface area contributed by atoms with Crippen molar-refractivity contribution in [1.82, 2.24) is 4.57 Å². The van der Waals surface area contributed by atoms with E-state index < -0.39 is 0 Å². The molecule has 0 fully saturated rings. The van der Waals surface area contributed by atoms with Gasteiger partial charge in [0.25, 0.3) is 0 Å². The smallest absolute Gasteiger partial charge is 0.0547 e. The molecule has 0 aliphatic rings. The van der Waals surface area contributed by atoms with Gasteiger partial charge in [0.2, 0.25) is 0 Å². The van der Waals surface area contributed by atoms with Crippen molar-refractivity contribution in [2.45, 2.75) is 0 Å². The minimum atomic E-state index is 1.10. The molecule has 0 aliphatic heterocycles. The number of fused-ring (bicyclic) bond motifs is 9. The van der Waals surface area contributed by atoms with Crippen molar-refractivity contribution in [2.75, 3.05) is 4.90 Å². The molecule has 0 bridgehead atoms. The summed E-state index contributed by atoms with van der Waals surface area (Å²) in [5.41, 5.74) is 11.7. The van der Waals surface area contributed by atoms with Gasteiger partial charge in [-0.3, -0.25) is 0 Å². The second-order valence-electron chi connectivity index (χ2n) is 15.7. The van der Waals surface area contributed by atoms with E-state index in [1.807, 2.05) is 0 Å². The molecule has 2 nitrogen and oxygen atoms in total. The summed E-state index contributed by atoms with van der Waals surface area (Å²) in [6.07, 6.45) is 0. The predicted molar refractivity (Wildman–Crippen MR) is 256 cm³/mol. The van der Waals surface area contributed by atoms with Gasteiger partial charge in [0, 0.05) is 33.2 Å². The average Bonchev–Trinajstić information content (AvgIpc) is 3.67. The van der Waals surface area contributed by atoms with Crippen LogP contribution in [0.1, 0.15) is 0 Å². The van der Waals surface area contributed by atoms with E-state index in [-0.39, 0.29) is 0 Å². The first-order valence-corrected chi connectivity index (χ1v) is 20.7. The van der Waals surface area contributed by atoms with Gasteiger partial charge in [0.1, 0.15) is 0 Å². The summed E-state index contributed by atoms with van der Waals surface area (Å²) in [6, 6.07) is 84.3. The van der Waals surface area contributed by atoms with Crippen LogP contribution in [0.15, 0.2) is 231 Å². The second-order valence-corrected chi connectivity index (χ2v) is 15.7. The first kappa shape index (κ1) is 34.1. The van der Waals surface area contributed by atoms with Crippen LogP contribution in [0.5, 0.6) is 0 Å². The van der Waals surface area contributed by atoms with Gasteiger partial charge in [0.15, 0.2) is 0 Å². The molecular formula is C58H38N2. The Morgan fingerprint density at radius 2 is 0.867 bits per heavy atom. The molecule has 0 amide bonds. The molecule has 12 aromatic rings. The topological polar surface area (TPSA) is 8.17 Å². The van der Waals surface area contributed by atoms with E-state index in [1.54, 1.807) is 0 Å². The molecule has 0 saturated carbocycles. The number of hydrogen-bond acceptors (Lipinski definition) is 1. The maximum atomic E-state index is 2.45. The standard InChI is InChI=1S/C58H38N2/c1-2-19-43(20-3-1)60-55-30-13-12-28-53(55)58-48(29-15-31-56(58)60)40-18-14-21-45(36-40)59(57-38-42-17-5-7-23-47(42)50-25-10-11-27-52(50)57)44-34-32-39(33-35-44)54-37-41-16-4-6-22-46(41)49-24-8-9-26-51(49)54/h1-38H. The summed E-state index contributed by atoms with van der Waals surface area (Å²) >= 11 is 0. The summed E-state index contributed by atoms with van der Waals surface area (Å²) in [5.74, 6) is 0. The average molecular weight is 763 g/mol. The highest BCUT2D eigenvalue weighted by atomic mass is 15.1. The van der Waals surface area contributed by atoms with Crippen LogP contribution in [0, 0.1) is 0 Å². The molecule has 12 rings (SSSR count). The fourth-order valence-corrected chi connectivity index (χ4v) is 9.66. The number of para-hydroxylation sites is 2. The molecule has 0 atom stereocenters. The van der Waals surface area contributed by atoms with E-state index in [1.165, 1.54) is 87.1 Å². The van der Waals surface area contributed by atoms with Crippen molar-refractivity contribution < 1.29 is 0 Å². The summed E-state index contributed by atoms with van der Waals surface area (Å²) < 4.78 is 2.39. The second kappa shape index (κ2) is 13.9. The zero-order chi connectivity index (χ0) is 39.6. The van der Waals surface area contributed by atoms with Gasteiger partial charge in [-0.15, -0.1) is 0 Å². The van der Waals surface area contributed by atoms with Crippen molar-refractivity contribution in [2.24, 2.45) is 0 Å². The first-order valence-electron chi connectivity index (χ1n) is 20.7. The highest BCUT2D eigenvalue weighted by Gasteiger charge is 2.21. The number of anilines is 3. The lowest BCUT2D eigenvalue weighted by Crippen LogP contribution is -2.11. The Balaban J connectivity index is 1.07. The Bertz CT molecular complexity index is 3600. The van der Waals surface area contributed by atoms with E-state index in [9.17, 15) is 0 Å². The molecule has 1 heterocycles. The molecule has 0 aliphatic carbocycles. The van der Waals surface area contributed by atoms with Crippen molar-refractivity contribution in [3.63, 3.8) is 0 Å². The van der Waals surface area contributed by atoms with Crippen molar-refractivity contribution in [3.05, 3.63) is 231 Å². The Labute approximate surface area is 348 Å². The van der Waals surface area contributed by atoms with Crippen molar-refractivity contribution >= 4 is 82.0 Å². The Kier molecular flexibility index (Phi) is 7.89. The number of aromatic nitrogens is 1. The normalized spacial score (nSPS) is 11.7. The molecule has 280 valence electrons. The monoisotopic (exact) mass is 762 g/mol. The third-order valence-electron chi connectivity index (χ3n) is 12.3. The molecule has 0 N–H and O–H groups in total. The van der Waals surface area contributed by atoms with Crippen LogP contribution in [0.2, 0.25) is 0 Å². The molecule has 0 unspecified atom stereocenters. The van der Waals surface area contributed by atoms with E-state index in [0.29, 0.717) is 0 Å².